The van der Waals surface area contributed by atoms with E-state index < -0.39 is 17.7 Å². The number of hydrogen-bond acceptors (Lipinski definition) is 3. The minimum Gasteiger partial charge on any atom is -0.352 e. The van der Waals surface area contributed by atoms with Crippen molar-refractivity contribution in [3.8, 4) is 0 Å². The third-order valence-electron chi connectivity index (χ3n) is 3.04. The summed E-state index contributed by atoms with van der Waals surface area (Å²) in [6.45, 7) is 0.0779. The average Bonchev–Trinajstić information content (AvgIpc) is 2.75. The first-order chi connectivity index (χ1) is 9.58. The minimum absolute atomic E-state index is 0.0277. The molecule has 0 saturated carbocycles. The van der Waals surface area contributed by atoms with Crippen molar-refractivity contribution in [1.29, 1.82) is 0 Å². The van der Waals surface area contributed by atoms with Crippen LogP contribution in [-0.4, -0.2) is 17.7 Å². The number of carbonyl (C=O) groups excluding carboxylic acids is 3. The van der Waals surface area contributed by atoms with E-state index in [0.29, 0.717) is 5.56 Å². The van der Waals surface area contributed by atoms with Crippen LogP contribution in [0, 0.1) is 11.7 Å². The first-order valence-electron chi connectivity index (χ1n) is 6.17. The van der Waals surface area contributed by atoms with Crippen LogP contribution in [0.3, 0.4) is 0 Å². The molecule has 20 heavy (non-hydrogen) atoms. The molecular weight excluding hydrogens is 265 g/mol. The van der Waals surface area contributed by atoms with Gasteiger partial charge in [-0.3, -0.25) is 25.2 Å². The van der Waals surface area contributed by atoms with Gasteiger partial charge in [-0.2, -0.15) is 0 Å². The molecule has 3 amide bonds. The molecule has 1 saturated heterocycles. The topological polar surface area (TPSA) is 87.3 Å². The Balaban J connectivity index is 1.77. The second-order valence-electron chi connectivity index (χ2n) is 4.44. The highest BCUT2D eigenvalue weighted by Crippen LogP contribution is 2.11. The average molecular weight is 279 g/mol. The first kappa shape index (κ1) is 14.0. The maximum atomic E-state index is 13.3. The monoisotopic (exact) mass is 279 g/mol. The Bertz CT molecular complexity index is 531. The molecule has 1 heterocycles. The second kappa shape index (κ2) is 6.14. The zero-order chi connectivity index (χ0) is 14.5. The van der Waals surface area contributed by atoms with Gasteiger partial charge in [0.15, 0.2) is 0 Å². The van der Waals surface area contributed by atoms with Crippen LogP contribution < -0.4 is 16.2 Å². The molecular formula is C13H14FN3O3. The van der Waals surface area contributed by atoms with E-state index in [0.717, 1.165) is 0 Å². The molecule has 1 fully saturated rings. The van der Waals surface area contributed by atoms with Crippen LogP contribution in [0.2, 0.25) is 0 Å². The van der Waals surface area contributed by atoms with E-state index in [9.17, 15) is 18.8 Å². The summed E-state index contributed by atoms with van der Waals surface area (Å²) in [7, 11) is 0. The fraction of sp³-hybridized carbons (Fsp3) is 0.308. The lowest BCUT2D eigenvalue weighted by atomic mass is 10.0. The van der Waals surface area contributed by atoms with Gasteiger partial charge in [0.05, 0.1) is 0 Å². The molecule has 0 aromatic heterocycles. The number of hydrazine groups is 1. The van der Waals surface area contributed by atoms with Crippen LogP contribution in [0.4, 0.5) is 4.39 Å². The van der Waals surface area contributed by atoms with E-state index in [1.54, 1.807) is 18.2 Å². The molecule has 0 bridgehead atoms. The third kappa shape index (κ3) is 3.31. The highest BCUT2D eigenvalue weighted by Gasteiger charge is 2.32. The summed E-state index contributed by atoms with van der Waals surface area (Å²) in [4.78, 5) is 34.1. The van der Waals surface area contributed by atoms with Crippen LogP contribution in [0.5, 0.6) is 0 Å². The highest BCUT2D eigenvalue weighted by molar-refractivity contribution is 6.05. The highest BCUT2D eigenvalue weighted by atomic mass is 19.1. The number of hydrogen-bond donors (Lipinski definition) is 3. The number of carbonyl (C=O) groups is 3. The summed E-state index contributed by atoms with van der Waals surface area (Å²) in [5.41, 5.74) is 4.76. The molecule has 1 aromatic rings. The summed E-state index contributed by atoms with van der Waals surface area (Å²) in [5.74, 6) is -2.42. The SMILES string of the molecule is O=C(CCC1C(=O)NNC1=O)NCc1ccccc1F. The predicted molar refractivity (Wildman–Crippen MR) is 67.3 cm³/mol. The lowest BCUT2D eigenvalue weighted by Crippen LogP contribution is -2.28. The Morgan fingerprint density at radius 3 is 2.50 bits per heavy atom. The Morgan fingerprint density at radius 1 is 1.20 bits per heavy atom. The Labute approximate surface area is 114 Å². The maximum Gasteiger partial charge on any atom is 0.251 e. The summed E-state index contributed by atoms with van der Waals surface area (Å²) >= 11 is 0. The summed E-state index contributed by atoms with van der Waals surface area (Å²) in [6.07, 6.45) is 0.154. The molecule has 6 nitrogen and oxygen atoms in total. The van der Waals surface area contributed by atoms with Gasteiger partial charge in [0, 0.05) is 18.5 Å². The van der Waals surface area contributed by atoms with Crippen LogP contribution in [0.25, 0.3) is 0 Å². The zero-order valence-electron chi connectivity index (χ0n) is 10.6. The summed E-state index contributed by atoms with van der Waals surface area (Å²) < 4.78 is 13.3. The fourth-order valence-corrected chi connectivity index (χ4v) is 1.88. The van der Waals surface area contributed by atoms with Gasteiger partial charge in [0.2, 0.25) is 5.91 Å². The smallest absolute Gasteiger partial charge is 0.251 e. The van der Waals surface area contributed by atoms with E-state index in [4.69, 9.17) is 0 Å². The van der Waals surface area contributed by atoms with E-state index in [1.807, 2.05) is 0 Å². The lowest BCUT2D eigenvalue weighted by molar-refractivity contribution is -0.128. The van der Waals surface area contributed by atoms with Crippen LogP contribution >= 0.6 is 0 Å². The van der Waals surface area contributed by atoms with Gasteiger partial charge in [0.1, 0.15) is 11.7 Å². The Hall–Kier alpha value is -2.44. The minimum atomic E-state index is -0.839. The van der Waals surface area contributed by atoms with E-state index >= 15 is 0 Å². The van der Waals surface area contributed by atoms with Gasteiger partial charge >= 0.3 is 0 Å². The van der Waals surface area contributed by atoms with Gasteiger partial charge in [-0.25, -0.2) is 4.39 Å². The molecule has 0 aliphatic carbocycles. The molecule has 0 spiro atoms. The first-order valence-corrected chi connectivity index (χ1v) is 6.17. The van der Waals surface area contributed by atoms with Crippen LogP contribution in [-0.2, 0) is 20.9 Å². The van der Waals surface area contributed by atoms with Gasteiger partial charge in [-0.15, -0.1) is 0 Å². The van der Waals surface area contributed by atoms with E-state index in [2.05, 4.69) is 16.2 Å². The number of benzene rings is 1. The van der Waals surface area contributed by atoms with E-state index in [1.165, 1.54) is 6.07 Å². The van der Waals surface area contributed by atoms with Crippen LogP contribution in [0.1, 0.15) is 18.4 Å². The number of halogens is 1. The number of amides is 3. The van der Waals surface area contributed by atoms with Crippen molar-refractivity contribution >= 4 is 17.7 Å². The van der Waals surface area contributed by atoms with Crippen molar-refractivity contribution in [3.63, 3.8) is 0 Å². The van der Waals surface area contributed by atoms with Crippen molar-refractivity contribution < 1.29 is 18.8 Å². The molecule has 1 aliphatic heterocycles. The largest absolute Gasteiger partial charge is 0.352 e. The molecule has 0 radical (unpaired) electrons. The molecule has 2 rings (SSSR count). The van der Waals surface area contributed by atoms with Crippen molar-refractivity contribution in [1.82, 2.24) is 16.2 Å². The molecule has 0 unspecified atom stereocenters. The Morgan fingerprint density at radius 2 is 1.85 bits per heavy atom. The maximum absolute atomic E-state index is 13.3. The van der Waals surface area contributed by atoms with E-state index in [-0.39, 0.29) is 31.1 Å². The van der Waals surface area contributed by atoms with Crippen molar-refractivity contribution in [3.05, 3.63) is 35.6 Å². The van der Waals surface area contributed by atoms with Crippen LogP contribution in [0.15, 0.2) is 24.3 Å². The molecule has 3 N–H and O–H groups in total. The fourth-order valence-electron chi connectivity index (χ4n) is 1.88. The van der Waals surface area contributed by atoms with Crippen molar-refractivity contribution in [2.75, 3.05) is 0 Å². The number of nitrogens with one attached hydrogen (secondary N) is 3. The molecule has 7 heteroatoms. The molecule has 106 valence electrons. The second-order valence-corrected chi connectivity index (χ2v) is 4.44. The van der Waals surface area contributed by atoms with Crippen molar-refractivity contribution in [2.45, 2.75) is 19.4 Å². The van der Waals surface area contributed by atoms with Gasteiger partial charge in [0.25, 0.3) is 11.8 Å². The lowest BCUT2D eigenvalue weighted by Gasteiger charge is -2.07. The zero-order valence-corrected chi connectivity index (χ0v) is 10.6. The quantitative estimate of drug-likeness (QED) is 0.663. The summed E-state index contributed by atoms with van der Waals surface area (Å²) in [6, 6.07) is 6.14. The molecule has 1 aliphatic rings. The molecule has 0 atom stereocenters. The number of rotatable bonds is 5. The standard InChI is InChI=1S/C13H14FN3O3/c14-10-4-2-1-3-8(10)7-15-11(18)6-5-9-12(19)16-17-13(9)20/h1-4,9H,5-7H2,(H,15,18)(H,16,19)(H,17,20). The normalized spacial score (nSPS) is 14.8. The Kier molecular flexibility index (Phi) is 4.29. The molecule has 1 aromatic carbocycles. The third-order valence-corrected chi connectivity index (χ3v) is 3.04. The van der Waals surface area contributed by atoms with Gasteiger partial charge in [-0.1, -0.05) is 18.2 Å². The van der Waals surface area contributed by atoms with Crippen molar-refractivity contribution in [2.24, 2.45) is 5.92 Å². The summed E-state index contributed by atoms with van der Waals surface area (Å²) in [5, 5.41) is 2.55. The predicted octanol–water partition coefficient (Wildman–Crippen LogP) is -0.000700. The van der Waals surface area contributed by atoms with Gasteiger partial charge < -0.3 is 5.32 Å². The van der Waals surface area contributed by atoms with Gasteiger partial charge in [-0.05, 0) is 12.5 Å².